The van der Waals surface area contributed by atoms with Crippen LogP contribution in [0.4, 0.5) is 0 Å². The lowest BCUT2D eigenvalue weighted by atomic mass is 10.0. The summed E-state index contributed by atoms with van der Waals surface area (Å²) < 4.78 is 4.96. The third-order valence-electron chi connectivity index (χ3n) is 2.27. The molecule has 1 aromatic rings. The normalized spacial score (nSPS) is 10.5. The average Bonchev–Trinajstić information content (AvgIpc) is 2.18. The van der Waals surface area contributed by atoms with E-state index in [1.807, 2.05) is 19.2 Å². The number of carbonyl (C=O) groups is 1. The number of carbonyl (C=O) groups excluding carboxylic acids is 1. The van der Waals surface area contributed by atoms with Gasteiger partial charge in [-0.25, -0.2) is 4.79 Å². The van der Waals surface area contributed by atoms with Crippen molar-refractivity contribution in [1.82, 2.24) is 4.98 Å². The predicted octanol–water partition coefficient (Wildman–Crippen LogP) is 2.69. The molecule has 0 amide bonds. The van der Waals surface area contributed by atoms with Gasteiger partial charge in [-0.2, -0.15) is 0 Å². The number of pyridine rings is 1. The fourth-order valence-corrected chi connectivity index (χ4v) is 1.28. The molecule has 0 atom stereocenters. The van der Waals surface area contributed by atoms with Crippen LogP contribution in [-0.4, -0.2) is 17.6 Å². The second kappa shape index (κ2) is 4.91. The summed E-state index contributed by atoms with van der Waals surface area (Å²) in [6.45, 7) is 8.15. The Labute approximate surface area is 90.5 Å². The molecule has 1 heterocycles. The Balaban J connectivity index is 3.05. The molecular weight excluding hydrogens is 190 g/mol. The number of nitrogens with zero attached hydrogens (tertiary/aromatic N) is 1. The number of aromatic nitrogens is 1. The van der Waals surface area contributed by atoms with E-state index in [-0.39, 0.29) is 5.97 Å². The Morgan fingerprint density at radius 1 is 1.53 bits per heavy atom. The van der Waals surface area contributed by atoms with E-state index < -0.39 is 0 Å². The van der Waals surface area contributed by atoms with Crippen molar-refractivity contribution >= 4 is 5.97 Å². The summed E-state index contributed by atoms with van der Waals surface area (Å²) in [5, 5.41) is 0. The van der Waals surface area contributed by atoms with Gasteiger partial charge in [0.1, 0.15) is 0 Å². The van der Waals surface area contributed by atoms with Crippen LogP contribution in [0.2, 0.25) is 0 Å². The van der Waals surface area contributed by atoms with Gasteiger partial charge in [0.25, 0.3) is 0 Å². The van der Waals surface area contributed by atoms with Gasteiger partial charge in [0.2, 0.25) is 0 Å². The third-order valence-corrected chi connectivity index (χ3v) is 2.27. The molecule has 1 aromatic heterocycles. The van der Waals surface area contributed by atoms with E-state index in [2.05, 4.69) is 18.8 Å². The highest BCUT2D eigenvalue weighted by molar-refractivity contribution is 5.90. The van der Waals surface area contributed by atoms with Gasteiger partial charge in [-0.15, -0.1) is 0 Å². The van der Waals surface area contributed by atoms with E-state index in [9.17, 15) is 4.79 Å². The lowest BCUT2D eigenvalue weighted by Gasteiger charge is -2.09. The van der Waals surface area contributed by atoms with Crippen molar-refractivity contribution in [3.8, 4) is 0 Å². The smallest absolute Gasteiger partial charge is 0.339 e. The summed E-state index contributed by atoms with van der Waals surface area (Å²) >= 11 is 0. The van der Waals surface area contributed by atoms with Crippen molar-refractivity contribution in [1.29, 1.82) is 0 Å². The Morgan fingerprint density at radius 2 is 2.20 bits per heavy atom. The lowest BCUT2D eigenvalue weighted by molar-refractivity contribution is 0.0525. The first-order valence-electron chi connectivity index (χ1n) is 5.20. The minimum absolute atomic E-state index is 0.287. The minimum atomic E-state index is -0.287. The Kier molecular flexibility index (Phi) is 3.83. The van der Waals surface area contributed by atoms with Gasteiger partial charge in [0.15, 0.2) is 0 Å². The predicted molar refractivity (Wildman–Crippen MR) is 59.0 cm³/mol. The molecule has 0 aliphatic heterocycles. The molecule has 0 fully saturated rings. The SMILES string of the molecule is CCOC(=O)c1cc(C(C)C)cnc1C. The minimum Gasteiger partial charge on any atom is -0.462 e. The van der Waals surface area contributed by atoms with Gasteiger partial charge >= 0.3 is 5.97 Å². The van der Waals surface area contributed by atoms with Crippen LogP contribution in [0.5, 0.6) is 0 Å². The zero-order valence-corrected chi connectivity index (χ0v) is 9.70. The van der Waals surface area contributed by atoms with E-state index in [0.717, 1.165) is 11.3 Å². The molecule has 0 saturated heterocycles. The molecule has 0 aliphatic rings. The number of rotatable bonds is 3. The second-order valence-corrected chi connectivity index (χ2v) is 3.78. The summed E-state index contributed by atoms with van der Waals surface area (Å²) in [6.07, 6.45) is 1.81. The molecule has 3 heteroatoms. The molecule has 1 rings (SSSR count). The summed E-state index contributed by atoms with van der Waals surface area (Å²) in [4.78, 5) is 15.8. The lowest BCUT2D eigenvalue weighted by Crippen LogP contribution is -2.09. The molecule has 0 aliphatic carbocycles. The topological polar surface area (TPSA) is 39.2 Å². The van der Waals surface area contributed by atoms with Gasteiger partial charge in [-0.1, -0.05) is 13.8 Å². The molecule has 15 heavy (non-hydrogen) atoms. The molecule has 3 nitrogen and oxygen atoms in total. The molecule has 82 valence electrons. The maximum absolute atomic E-state index is 11.6. The van der Waals surface area contributed by atoms with Crippen LogP contribution in [-0.2, 0) is 4.74 Å². The van der Waals surface area contributed by atoms with Crippen molar-refractivity contribution in [2.45, 2.75) is 33.6 Å². The van der Waals surface area contributed by atoms with E-state index >= 15 is 0 Å². The van der Waals surface area contributed by atoms with Crippen LogP contribution in [0.25, 0.3) is 0 Å². The molecular formula is C12H17NO2. The molecule has 0 unspecified atom stereocenters. The summed E-state index contributed by atoms with van der Waals surface area (Å²) in [7, 11) is 0. The number of hydrogen-bond donors (Lipinski definition) is 0. The van der Waals surface area contributed by atoms with Gasteiger partial charge in [-0.3, -0.25) is 4.98 Å². The zero-order chi connectivity index (χ0) is 11.4. The number of ether oxygens (including phenoxy) is 1. The number of aryl methyl sites for hydroxylation is 1. The first-order valence-corrected chi connectivity index (χ1v) is 5.20. The van der Waals surface area contributed by atoms with Gasteiger partial charge in [0, 0.05) is 6.20 Å². The van der Waals surface area contributed by atoms with E-state index in [0.29, 0.717) is 18.1 Å². The largest absolute Gasteiger partial charge is 0.462 e. The first kappa shape index (κ1) is 11.7. The maximum Gasteiger partial charge on any atom is 0.339 e. The first-order chi connectivity index (χ1) is 7.06. The molecule has 0 aromatic carbocycles. The quantitative estimate of drug-likeness (QED) is 0.715. The standard InChI is InChI=1S/C12H17NO2/c1-5-15-12(14)11-6-10(8(2)3)7-13-9(11)4/h6-8H,5H2,1-4H3. The molecule has 0 spiro atoms. The number of hydrogen-bond acceptors (Lipinski definition) is 3. The van der Waals surface area contributed by atoms with Crippen molar-refractivity contribution in [3.63, 3.8) is 0 Å². The Hall–Kier alpha value is -1.38. The molecule has 0 radical (unpaired) electrons. The van der Waals surface area contributed by atoms with Gasteiger partial charge in [0.05, 0.1) is 17.9 Å². The summed E-state index contributed by atoms with van der Waals surface area (Å²) in [5.74, 6) is 0.0799. The van der Waals surface area contributed by atoms with E-state index in [1.54, 1.807) is 6.92 Å². The van der Waals surface area contributed by atoms with Crippen LogP contribution < -0.4 is 0 Å². The van der Waals surface area contributed by atoms with Gasteiger partial charge in [-0.05, 0) is 31.4 Å². The van der Waals surface area contributed by atoms with Crippen LogP contribution in [0.15, 0.2) is 12.3 Å². The Morgan fingerprint density at radius 3 is 2.73 bits per heavy atom. The van der Waals surface area contributed by atoms with Gasteiger partial charge < -0.3 is 4.74 Å². The fraction of sp³-hybridized carbons (Fsp3) is 0.500. The second-order valence-electron chi connectivity index (χ2n) is 3.78. The summed E-state index contributed by atoms with van der Waals surface area (Å²) in [6, 6.07) is 1.87. The highest BCUT2D eigenvalue weighted by Crippen LogP contribution is 2.17. The highest BCUT2D eigenvalue weighted by Gasteiger charge is 2.12. The average molecular weight is 207 g/mol. The molecule has 0 N–H and O–H groups in total. The maximum atomic E-state index is 11.6. The van der Waals surface area contributed by atoms with Crippen LogP contribution >= 0.6 is 0 Å². The molecule has 0 bridgehead atoms. The van der Waals surface area contributed by atoms with Crippen LogP contribution in [0.1, 0.15) is 48.3 Å². The van der Waals surface area contributed by atoms with Crippen molar-refractivity contribution in [3.05, 3.63) is 29.1 Å². The highest BCUT2D eigenvalue weighted by atomic mass is 16.5. The van der Waals surface area contributed by atoms with Crippen LogP contribution in [0.3, 0.4) is 0 Å². The molecule has 0 saturated carbocycles. The van der Waals surface area contributed by atoms with Crippen molar-refractivity contribution in [2.24, 2.45) is 0 Å². The zero-order valence-electron chi connectivity index (χ0n) is 9.70. The van der Waals surface area contributed by atoms with Crippen molar-refractivity contribution < 1.29 is 9.53 Å². The van der Waals surface area contributed by atoms with Crippen LogP contribution in [0, 0.1) is 6.92 Å². The fourth-order valence-electron chi connectivity index (χ4n) is 1.28. The van der Waals surface area contributed by atoms with E-state index in [4.69, 9.17) is 4.74 Å². The number of esters is 1. The van der Waals surface area contributed by atoms with Crippen molar-refractivity contribution in [2.75, 3.05) is 6.61 Å². The third kappa shape index (κ3) is 2.78. The summed E-state index contributed by atoms with van der Waals surface area (Å²) in [5.41, 5.74) is 2.35. The van der Waals surface area contributed by atoms with E-state index in [1.165, 1.54) is 0 Å². The Bertz CT molecular complexity index is 359. The monoisotopic (exact) mass is 207 g/mol.